The maximum absolute atomic E-state index is 13.9. The van der Waals surface area contributed by atoms with Gasteiger partial charge in [-0.05, 0) is 30.7 Å². The quantitative estimate of drug-likeness (QED) is 0.470. The number of nitrogens with one attached hydrogen (secondary N) is 2. The van der Waals surface area contributed by atoms with Gasteiger partial charge in [-0.3, -0.25) is 4.79 Å². The van der Waals surface area contributed by atoms with E-state index in [1.54, 1.807) is 0 Å². The number of halogens is 4. The Kier molecular flexibility index (Phi) is 5.67. The molecule has 144 valence electrons. The van der Waals surface area contributed by atoms with Crippen molar-refractivity contribution in [1.82, 2.24) is 10.3 Å². The maximum Gasteiger partial charge on any atom is 0.441 e. The molecule has 1 heterocycles. The van der Waals surface area contributed by atoms with Crippen LogP contribution in [-0.4, -0.2) is 35.8 Å². The van der Waals surface area contributed by atoms with E-state index in [2.05, 4.69) is 9.72 Å². The van der Waals surface area contributed by atoms with Crippen molar-refractivity contribution in [2.45, 2.75) is 18.8 Å². The van der Waals surface area contributed by atoms with Gasteiger partial charge >= 0.3 is 17.8 Å². The Balaban J connectivity index is 2.55. The molecule has 6 nitrogen and oxygen atoms in total. The summed E-state index contributed by atoms with van der Waals surface area (Å²) in [5.41, 5.74) is -4.08. The van der Waals surface area contributed by atoms with E-state index in [1.165, 1.54) is 42.7 Å². The molecule has 1 atom stereocenters. The highest BCUT2D eigenvalue weighted by Crippen LogP contribution is 2.33. The van der Waals surface area contributed by atoms with E-state index >= 15 is 0 Å². The van der Waals surface area contributed by atoms with Crippen LogP contribution in [0.15, 0.2) is 42.6 Å². The number of esters is 1. The number of alkyl halides is 3. The van der Waals surface area contributed by atoms with E-state index < -0.39 is 35.1 Å². The molecule has 1 amide bonds. The lowest BCUT2D eigenvalue weighted by Gasteiger charge is -2.35. The molecular formula is C17H15F4N3O3. The molecule has 0 saturated carbocycles. The molecule has 0 fully saturated rings. The first-order valence-corrected chi connectivity index (χ1v) is 7.54. The highest BCUT2D eigenvalue weighted by molar-refractivity contribution is 5.99. The summed E-state index contributed by atoms with van der Waals surface area (Å²) in [6.45, 7) is 1.45. The average Bonchev–Trinajstić information content (AvgIpc) is 2.61. The number of nitrogens with zero attached hydrogens (tertiary/aromatic N) is 1. The Bertz CT molecular complexity index is 857. The highest BCUT2D eigenvalue weighted by Gasteiger charge is 2.64. The molecule has 1 aromatic heterocycles. The molecule has 0 spiro atoms. The van der Waals surface area contributed by atoms with Gasteiger partial charge in [0.15, 0.2) is 0 Å². The Hall–Kier alpha value is -3.17. The highest BCUT2D eigenvalue weighted by atomic mass is 19.4. The number of aryl methyl sites for hydroxylation is 1. The lowest BCUT2D eigenvalue weighted by molar-refractivity contribution is -0.203. The summed E-state index contributed by atoms with van der Waals surface area (Å²) in [7, 11) is 0.727. The van der Waals surface area contributed by atoms with Gasteiger partial charge in [-0.25, -0.2) is 14.2 Å². The zero-order valence-corrected chi connectivity index (χ0v) is 14.2. The van der Waals surface area contributed by atoms with Gasteiger partial charge in [-0.2, -0.15) is 13.2 Å². The van der Waals surface area contributed by atoms with Crippen molar-refractivity contribution in [1.29, 1.82) is 0 Å². The van der Waals surface area contributed by atoms with E-state index in [1.807, 2.05) is 5.32 Å². The van der Waals surface area contributed by atoms with E-state index in [4.69, 9.17) is 0 Å². The third-order valence-corrected chi connectivity index (χ3v) is 3.65. The number of aromatic nitrogens is 1. The second-order valence-electron chi connectivity index (χ2n) is 5.47. The summed E-state index contributed by atoms with van der Waals surface area (Å²) >= 11 is 0. The Morgan fingerprint density at radius 1 is 1.11 bits per heavy atom. The molecule has 1 aromatic carbocycles. The Morgan fingerprint density at radius 3 is 2.33 bits per heavy atom. The lowest BCUT2D eigenvalue weighted by Crippen LogP contribution is -2.69. The van der Waals surface area contributed by atoms with Gasteiger partial charge in [0, 0.05) is 6.20 Å². The second-order valence-corrected chi connectivity index (χ2v) is 5.47. The predicted octanol–water partition coefficient (Wildman–Crippen LogP) is 2.80. The van der Waals surface area contributed by atoms with Crippen LogP contribution >= 0.6 is 0 Å². The first kappa shape index (κ1) is 20.1. The molecule has 27 heavy (non-hydrogen) atoms. The summed E-state index contributed by atoms with van der Waals surface area (Å²) < 4.78 is 59.8. The van der Waals surface area contributed by atoms with Crippen molar-refractivity contribution in [3.8, 4) is 0 Å². The number of carbonyl (C=O) groups is 2. The van der Waals surface area contributed by atoms with Crippen LogP contribution in [0.5, 0.6) is 0 Å². The maximum atomic E-state index is 13.9. The van der Waals surface area contributed by atoms with Crippen molar-refractivity contribution in [2.24, 2.45) is 0 Å². The zero-order valence-electron chi connectivity index (χ0n) is 14.2. The van der Waals surface area contributed by atoms with Crippen LogP contribution in [0.25, 0.3) is 0 Å². The first-order valence-electron chi connectivity index (χ1n) is 7.54. The molecule has 2 rings (SSSR count). The lowest BCUT2D eigenvalue weighted by atomic mass is 10.1. The minimum Gasteiger partial charge on any atom is -0.466 e. The van der Waals surface area contributed by atoms with Crippen molar-refractivity contribution in [3.05, 3.63) is 59.5 Å². The van der Waals surface area contributed by atoms with Gasteiger partial charge in [-0.15, -0.1) is 0 Å². The molecule has 0 aliphatic rings. The van der Waals surface area contributed by atoms with Gasteiger partial charge in [0.1, 0.15) is 11.6 Å². The molecule has 0 bridgehead atoms. The van der Waals surface area contributed by atoms with Crippen LogP contribution in [0, 0.1) is 12.7 Å². The summed E-state index contributed by atoms with van der Waals surface area (Å²) in [5, 5.41) is 3.43. The molecule has 0 saturated heterocycles. The summed E-state index contributed by atoms with van der Waals surface area (Å²) in [4.78, 5) is 28.2. The monoisotopic (exact) mass is 385 g/mol. The molecule has 2 N–H and O–H groups in total. The van der Waals surface area contributed by atoms with Crippen LogP contribution in [0.3, 0.4) is 0 Å². The number of methoxy groups -OCH3 is 1. The van der Waals surface area contributed by atoms with Crippen LogP contribution in [0.4, 0.5) is 23.4 Å². The second kappa shape index (κ2) is 7.60. The first-order chi connectivity index (χ1) is 12.6. The topological polar surface area (TPSA) is 80.3 Å². The normalized spacial score (nSPS) is 13.4. The molecular weight excluding hydrogens is 370 g/mol. The van der Waals surface area contributed by atoms with Gasteiger partial charge in [0.05, 0.1) is 12.7 Å². The zero-order chi connectivity index (χ0) is 20.2. The predicted molar refractivity (Wildman–Crippen MR) is 87.3 cm³/mol. The summed E-state index contributed by atoms with van der Waals surface area (Å²) in [6, 6.07) is 7.34. The SMILES string of the molecule is COC(=O)[C@@](NC(=O)c1ccccc1F)(Nc1ncccc1C)C(F)(F)F. The van der Waals surface area contributed by atoms with Gasteiger partial charge in [0.25, 0.3) is 5.91 Å². The third kappa shape index (κ3) is 3.99. The number of hydrogen-bond acceptors (Lipinski definition) is 5. The van der Waals surface area contributed by atoms with Crippen LogP contribution in [0.2, 0.25) is 0 Å². The fourth-order valence-corrected chi connectivity index (χ4v) is 2.22. The van der Waals surface area contributed by atoms with E-state index in [0.29, 0.717) is 0 Å². The van der Waals surface area contributed by atoms with Crippen LogP contribution in [0.1, 0.15) is 15.9 Å². The molecule has 0 unspecified atom stereocenters. The number of benzene rings is 1. The fourth-order valence-electron chi connectivity index (χ4n) is 2.22. The van der Waals surface area contributed by atoms with Crippen molar-refractivity contribution < 1.29 is 31.9 Å². The number of pyridine rings is 1. The molecule has 2 aromatic rings. The van der Waals surface area contributed by atoms with Crippen molar-refractivity contribution >= 4 is 17.7 Å². The molecule has 0 radical (unpaired) electrons. The van der Waals surface area contributed by atoms with Gasteiger partial charge in [-0.1, -0.05) is 18.2 Å². The molecule has 10 heteroatoms. The Morgan fingerprint density at radius 2 is 1.78 bits per heavy atom. The van der Waals surface area contributed by atoms with Crippen LogP contribution < -0.4 is 10.6 Å². The van der Waals surface area contributed by atoms with Crippen LogP contribution in [-0.2, 0) is 9.53 Å². The van der Waals surface area contributed by atoms with E-state index in [9.17, 15) is 27.2 Å². The van der Waals surface area contributed by atoms with Gasteiger partial charge < -0.3 is 15.4 Å². The van der Waals surface area contributed by atoms with E-state index in [-0.39, 0.29) is 11.4 Å². The number of anilines is 1. The molecule has 0 aliphatic carbocycles. The minimum atomic E-state index is -5.34. The van der Waals surface area contributed by atoms with Crippen molar-refractivity contribution in [3.63, 3.8) is 0 Å². The number of rotatable bonds is 5. The largest absolute Gasteiger partial charge is 0.466 e. The number of hydrogen-bond donors (Lipinski definition) is 2. The smallest absolute Gasteiger partial charge is 0.441 e. The van der Waals surface area contributed by atoms with E-state index in [0.717, 1.165) is 19.2 Å². The fraction of sp³-hybridized carbons (Fsp3) is 0.235. The van der Waals surface area contributed by atoms with Crippen molar-refractivity contribution in [2.75, 3.05) is 12.4 Å². The summed E-state index contributed by atoms with van der Waals surface area (Å²) in [6.07, 6.45) is -4.14. The third-order valence-electron chi connectivity index (χ3n) is 3.65. The van der Waals surface area contributed by atoms with Gasteiger partial charge in [0.2, 0.25) is 0 Å². The standard InChI is InChI=1S/C17H15F4N3O3/c1-10-6-5-9-22-13(10)23-16(15(26)27-2,17(19,20)21)24-14(25)11-7-3-4-8-12(11)18/h3-9H,1-2H3,(H,22,23)(H,24,25)/t16-/m0/s1. The number of amides is 1. The minimum absolute atomic E-state index is 0.273. The Labute approximate surface area is 151 Å². The average molecular weight is 385 g/mol. The number of carbonyl (C=O) groups excluding carboxylic acids is 2. The molecule has 0 aliphatic heterocycles. The summed E-state index contributed by atoms with van der Waals surface area (Å²) in [5.74, 6) is -4.67. The number of ether oxygens (including phenoxy) is 1.